The van der Waals surface area contributed by atoms with E-state index in [1.54, 1.807) is 0 Å². The second kappa shape index (κ2) is 4.83. The minimum atomic E-state index is -0.172. The first-order chi connectivity index (χ1) is 6.64. The van der Waals surface area contributed by atoms with Crippen LogP contribution >= 0.6 is 0 Å². The minimum Gasteiger partial charge on any atom is -0.375 e. The lowest BCUT2D eigenvalue weighted by atomic mass is 9.97. The van der Waals surface area contributed by atoms with Crippen molar-refractivity contribution < 1.29 is 4.74 Å². The predicted molar refractivity (Wildman–Crippen MR) is 58.7 cm³/mol. The van der Waals surface area contributed by atoms with Crippen LogP contribution in [0.1, 0.15) is 19.4 Å². The maximum absolute atomic E-state index is 5.53. The van der Waals surface area contributed by atoms with E-state index in [1.807, 2.05) is 44.2 Å². The molecule has 74 valence electrons. The van der Waals surface area contributed by atoms with E-state index in [4.69, 9.17) is 11.2 Å². The highest BCUT2D eigenvalue weighted by Crippen LogP contribution is 2.14. The van der Waals surface area contributed by atoms with Gasteiger partial charge in [-0.3, -0.25) is 0 Å². The molecule has 0 aromatic heterocycles. The van der Waals surface area contributed by atoms with Crippen molar-refractivity contribution in [3.05, 3.63) is 35.9 Å². The van der Waals surface area contributed by atoms with E-state index in [9.17, 15) is 0 Å². The molecule has 0 aliphatic carbocycles. The van der Waals surface area contributed by atoms with Gasteiger partial charge in [0.25, 0.3) is 0 Å². The van der Waals surface area contributed by atoms with Gasteiger partial charge in [-0.15, -0.1) is 6.42 Å². The van der Waals surface area contributed by atoms with E-state index in [0.29, 0.717) is 13.2 Å². The van der Waals surface area contributed by atoms with Gasteiger partial charge in [0.1, 0.15) is 0 Å². The molecule has 0 spiro atoms. The van der Waals surface area contributed by atoms with Crippen LogP contribution in [0.3, 0.4) is 0 Å². The molecule has 1 aromatic carbocycles. The van der Waals surface area contributed by atoms with Crippen LogP contribution in [0.15, 0.2) is 30.3 Å². The number of benzene rings is 1. The van der Waals surface area contributed by atoms with Crippen molar-refractivity contribution >= 4 is 0 Å². The SMILES string of the molecule is C#CC(C)(C)COCc1ccccc1. The Balaban J connectivity index is 2.34. The third-order valence-electron chi connectivity index (χ3n) is 1.97. The summed E-state index contributed by atoms with van der Waals surface area (Å²) in [7, 11) is 0. The van der Waals surface area contributed by atoms with Crippen LogP contribution in [0.5, 0.6) is 0 Å². The van der Waals surface area contributed by atoms with Crippen molar-refractivity contribution in [2.24, 2.45) is 5.41 Å². The van der Waals surface area contributed by atoms with Crippen molar-refractivity contribution in [1.82, 2.24) is 0 Å². The largest absolute Gasteiger partial charge is 0.375 e. The maximum Gasteiger partial charge on any atom is 0.0717 e. The van der Waals surface area contributed by atoms with Crippen molar-refractivity contribution in [3.8, 4) is 12.3 Å². The topological polar surface area (TPSA) is 9.23 Å². The summed E-state index contributed by atoms with van der Waals surface area (Å²) < 4.78 is 5.53. The molecule has 0 bridgehead atoms. The van der Waals surface area contributed by atoms with Crippen LogP contribution < -0.4 is 0 Å². The molecule has 1 aromatic rings. The molecule has 1 nitrogen and oxygen atoms in total. The number of terminal acetylenes is 1. The lowest BCUT2D eigenvalue weighted by Crippen LogP contribution is -2.16. The molecule has 0 saturated heterocycles. The fourth-order valence-electron chi connectivity index (χ4n) is 1.04. The molecule has 0 heterocycles. The molecule has 0 amide bonds. The zero-order chi connectivity index (χ0) is 10.4. The van der Waals surface area contributed by atoms with Crippen molar-refractivity contribution in [2.75, 3.05) is 6.61 Å². The first-order valence-corrected chi connectivity index (χ1v) is 4.73. The Bertz CT molecular complexity index is 306. The smallest absolute Gasteiger partial charge is 0.0717 e. The van der Waals surface area contributed by atoms with Crippen LogP contribution in [0.4, 0.5) is 0 Å². The Morgan fingerprint density at radius 2 is 1.93 bits per heavy atom. The van der Waals surface area contributed by atoms with Crippen LogP contribution in [0.25, 0.3) is 0 Å². The van der Waals surface area contributed by atoms with Crippen LogP contribution in [-0.4, -0.2) is 6.61 Å². The molecule has 1 heteroatoms. The lowest BCUT2D eigenvalue weighted by Gasteiger charge is -2.17. The Hall–Kier alpha value is -1.26. The summed E-state index contributed by atoms with van der Waals surface area (Å²) in [6.45, 7) is 5.22. The van der Waals surface area contributed by atoms with E-state index in [2.05, 4.69) is 5.92 Å². The number of ether oxygens (including phenoxy) is 1. The summed E-state index contributed by atoms with van der Waals surface area (Å²) in [6.07, 6.45) is 5.36. The molecule has 0 N–H and O–H groups in total. The average molecular weight is 188 g/mol. The van der Waals surface area contributed by atoms with Gasteiger partial charge in [0.2, 0.25) is 0 Å². The molecule has 1 rings (SSSR count). The zero-order valence-electron chi connectivity index (χ0n) is 8.79. The monoisotopic (exact) mass is 188 g/mol. The van der Waals surface area contributed by atoms with Gasteiger partial charge in [0, 0.05) is 5.41 Å². The molecule has 0 saturated carbocycles. The predicted octanol–water partition coefficient (Wildman–Crippen LogP) is 2.86. The van der Waals surface area contributed by atoms with Gasteiger partial charge in [-0.05, 0) is 19.4 Å². The summed E-state index contributed by atoms with van der Waals surface area (Å²) in [5, 5.41) is 0. The van der Waals surface area contributed by atoms with Crippen molar-refractivity contribution in [1.29, 1.82) is 0 Å². The summed E-state index contributed by atoms with van der Waals surface area (Å²) in [6, 6.07) is 10.1. The molecular formula is C13H16O. The standard InChI is InChI=1S/C13H16O/c1-4-13(2,3)11-14-10-12-8-6-5-7-9-12/h1,5-9H,10-11H2,2-3H3. The zero-order valence-corrected chi connectivity index (χ0v) is 8.79. The molecule has 0 aliphatic rings. The second-order valence-electron chi connectivity index (χ2n) is 4.01. The third kappa shape index (κ3) is 3.64. The van der Waals surface area contributed by atoms with E-state index in [1.165, 1.54) is 5.56 Å². The molecular weight excluding hydrogens is 172 g/mol. The van der Waals surface area contributed by atoms with Gasteiger partial charge < -0.3 is 4.74 Å². The molecule has 0 fully saturated rings. The van der Waals surface area contributed by atoms with Gasteiger partial charge in [0.05, 0.1) is 13.2 Å². The highest BCUT2D eigenvalue weighted by Gasteiger charge is 2.13. The molecule has 0 atom stereocenters. The Morgan fingerprint density at radius 3 is 2.50 bits per heavy atom. The van der Waals surface area contributed by atoms with Gasteiger partial charge >= 0.3 is 0 Å². The maximum atomic E-state index is 5.53. The second-order valence-corrected chi connectivity index (χ2v) is 4.01. The van der Waals surface area contributed by atoms with E-state index in [0.717, 1.165) is 0 Å². The summed E-state index contributed by atoms with van der Waals surface area (Å²) in [5.74, 6) is 2.70. The fourth-order valence-corrected chi connectivity index (χ4v) is 1.04. The number of rotatable bonds is 4. The average Bonchev–Trinajstić information content (AvgIpc) is 2.19. The van der Waals surface area contributed by atoms with Gasteiger partial charge in [-0.25, -0.2) is 0 Å². The minimum absolute atomic E-state index is 0.172. The number of hydrogen-bond donors (Lipinski definition) is 0. The molecule has 0 radical (unpaired) electrons. The lowest BCUT2D eigenvalue weighted by molar-refractivity contribution is 0.0754. The van der Waals surface area contributed by atoms with Gasteiger partial charge in [-0.1, -0.05) is 36.3 Å². The van der Waals surface area contributed by atoms with Gasteiger partial charge in [-0.2, -0.15) is 0 Å². The summed E-state index contributed by atoms with van der Waals surface area (Å²) in [4.78, 5) is 0. The van der Waals surface area contributed by atoms with Crippen LogP contribution in [0, 0.1) is 17.8 Å². The van der Waals surface area contributed by atoms with E-state index >= 15 is 0 Å². The van der Waals surface area contributed by atoms with E-state index < -0.39 is 0 Å². The molecule has 0 unspecified atom stereocenters. The molecule has 14 heavy (non-hydrogen) atoms. The van der Waals surface area contributed by atoms with Crippen molar-refractivity contribution in [3.63, 3.8) is 0 Å². The Morgan fingerprint density at radius 1 is 1.29 bits per heavy atom. The van der Waals surface area contributed by atoms with E-state index in [-0.39, 0.29) is 5.41 Å². The first-order valence-electron chi connectivity index (χ1n) is 4.73. The fraction of sp³-hybridized carbons (Fsp3) is 0.385. The third-order valence-corrected chi connectivity index (χ3v) is 1.97. The highest BCUT2D eigenvalue weighted by molar-refractivity contribution is 5.13. The van der Waals surface area contributed by atoms with Crippen molar-refractivity contribution in [2.45, 2.75) is 20.5 Å². The summed E-state index contributed by atoms with van der Waals surface area (Å²) in [5.41, 5.74) is 1.01. The Kier molecular flexibility index (Phi) is 3.73. The molecule has 0 aliphatic heterocycles. The Labute approximate surface area is 86.1 Å². The summed E-state index contributed by atoms with van der Waals surface area (Å²) >= 11 is 0. The normalized spacial score (nSPS) is 10.9. The quantitative estimate of drug-likeness (QED) is 0.660. The number of hydrogen-bond acceptors (Lipinski definition) is 1. The van der Waals surface area contributed by atoms with Gasteiger partial charge in [0.15, 0.2) is 0 Å². The highest BCUT2D eigenvalue weighted by atomic mass is 16.5. The van der Waals surface area contributed by atoms with Crippen LogP contribution in [0.2, 0.25) is 0 Å². The van der Waals surface area contributed by atoms with Crippen LogP contribution in [-0.2, 0) is 11.3 Å². The first kappa shape index (κ1) is 10.8.